The molecule has 118 valence electrons. The molecule has 2 aromatic heterocycles. The lowest BCUT2D eigenvalue weighted by Crippen LogP contribution is -2.21. The first-order chi connectivity index (χ1) is 11.2. The molecule has 0 unspecified atom stereocenters. The standard InChI is InChI=1S/C17H17N3O2S/c1-11-4-5-14-13(7-11)17(21)20(10-18-14)8-12-9-23-16(19-12)15-3-2-6-22-15/h4-5,7,9-10,15H,2-3,6,8H2,1H3/t15-/m1/s1. The van der Waals surface area contributed by atoms with Gasteiger partial charge in [0.25, 0.3) is 5.56 Å². The highest BCUT2D eigenvalue weighted by Crippen LogP contribution is 2.30. The van der Waals surface area contributed by atoms with Gasteiger partial charge in [0, 0.05) is 12.0 Å². The largest absolute Gasteiger partial charge is 0.371 e. The molecule has 6 heteroatoms. The van der Waals surface area contributed by atoms with Crippen LogP contribution >= 0.6 is 11.3 Å². The van der Waals surface area contributed by atoms with E-state index >= 15 is 0 Å². The van der Waals surface area contributed by atoms with Crippen LogP contribution in [0.3, 0.4) is 0 Å². The second kappa shape index (κ2) is 5.86. The van der Waals surface area contributed by atoms with Gasteiger partial charge in [-0.05, 0) is 31.9 Å². The fraction of sp³-hybridized carbons (Fsp3) is 0.353. The molecule has 0 amide bonds. The molecule has 23 heavy (non-hydrogen) atoms. The monoisotopic (exact) mass is 327 g/mol. The Balaban J connectivity index is 1.65. The van der Waals surface area contributed by atoms with Gasteiger partial charge in [0.2, 0.25) is 0 Å². The van der Waals surface area contributed by atoms with E-state index in [-0.39, 0.29) is 11.7 Å². The minimum Gasteiger partial charge on any atom is -0.371 e. The molecule has 1 saturated heterocycles. The molecule has 1 atom stereocenters. The first-order valence-electron chi connectivity index (χ1n) is 7.72. The SMILES string of the molecule is Cc1ccc2ncn(Cc3csc([C@H]4CCCO4)n3)c(=O)c2c1. The van der Waals surface area contributed by atoms with Gasteiger partial charge >= 0.3 is 0 Å². The first-order valence-corrected chi connectivity index (χ1v) is 8.60. The van der Waals surface area contributed by atoms with Crippen molar-refractivity contribution in [2.45, 2.75) is 32.4 Å². The Kier molecular flexibility index (Phi) is 3.71. The van der Waals surface area contributed by atoms with Gasteiger partial charge in [0.1, 0.15) is 11.1 Å². The summed E-state index contributed by atoms with van der Waals surface area (Å²) in [6, 6.07) is 5.74. The second-order valence-electron chi connectivity index (χ2n) is 5.88. The van der Waals surface area contributed by atoms with Crippen molar-refractivity contribution in [3.8, 4) is 0 Å². The Morgan fingerprint density at radius 1 is 1.43 bits per heavy atom. The summed E-state index contributed by atoms with van der Waals surface area (Å²) < 4.78 is 7.29. The third kappa shape index (κ3) is 2.80. The zero-order valence-corrected chi connectivity index (χ0v) is 13.7. The van der Waals surface area contributed by atoms with E-state index < -0.39 is 0 Å². The van der Waals surface area contributed by atoms with Crippen molar-refractivity contribution in [1.29, 1.82) is 0 Å². The second-order valence-corrected chi connectivity index (χ2v) is 6.77. The molecule has 1 aliphatic rings. The van der Waals surface area contributed by atoms with E-state index in [1.54, 1.807) is 22.2 Å². The molecule has 3 heterocycles. The molecule has 5 nitrogen and oxygen atoms in total. The normalized spacial score (nSPS) is 17.9. The molecular formula is C17H17N3O2S. The molecule has 0 spiro atoms. The van der Waals surface area contributed by atoms with Gasteiger partial charge in [-0.25, -0.2) is 9.97 Å². The summed E-state index contributed by atoms with van der Waals surface area (Å²) in [6.07, 6.45) is 3.85. The molecule has 4 rings (SSSR count). The van der Waals surface area contributed by atoms with Crippen molar-refractivity contribution in [3.05, 3.63) is 56.5 Å². The Bertz CT molecular complexity index is 910. The summed E-state index contributed by atoms with van der Waals surface area (Å²) >= 11 is 1.61. The lowest BCUT2D eigenvalue weighted by atomic mass is 10.2. The summed E-state index contributed by atoms with van der Waals surface area (Å²) in [7, 11) is 0. The lowest BCUT2D eigenvalue weighted by Gasteiger charge is -2.06. The molecule has 1 fully saturated rings. The van der Waals surface area contributed by atoms with Crippen LogP contribution in [0.4, 0.5) is 0 Å². The van der Waals surface area contributed by atoms with Crippen LogP contribution in [0, 0.1) is 6.92 Å². The predicted octanol–water partition coefficient (Wildman–Crippen LogP) is 3.06. The van der Waals surface area contributed by atoms with Crippen LogP contribution in [0.1, 0.15) is 35.2 Å². The van der Waals surface area contributed by atoms with Gasteiger partial charge in [-0.3, -0.25) is 9.36 Å². The smallest absolute Gasteiger partial charge is 0.261 e. The Labute approximate surface area is 137 Å². The lowest BCUT2D eigenvalue weighted by molar-refractivity contribution is 0.111. The highest BCUT2D eigenvalue weighted by atomic mass is 32.1. The van der Waals surface area contributed by atoms with E-state index in [1.807, 2.05) is 30.5 Å². The molecular weight excluding hydrogens is 310 g/mol. The van der Waals surface area contributed by atoms with Crippen LogP contribution in [-0.4, -0.2) is 21.1 Å². The number of aromatic nitrogens is 3. The van der Waals surface area contributed by atoms with E-state index in [0.717, 1.165) is 41.2 Å². The van der Waals surface area contributed by atoms with Gasteiger partial charge in [-0.2, -0.15) is 0 Å². The van der Waals surface area contributed by atoms with Crippen LogP contribution in [-0.2, 0) is 11.3 Å². The summed E-state index contributed by atoms with van der Waals surface area (Å²) in [6.45, 7) is 3.23. The van der Waals surface area contributed by atoms with E-state index in [0.29, 0.717) is 11.9 Å². The maximum Gasteiger partial charge on any atom is 0.261 e. The molecule has 0 saturated carbocycles. The molecule has 0 bridgehead atoms. The zero-order chi connectivity index (χ0) is 15.8. The molecule has 1 aliphatic heterocycles. The number of nitrogens with zero attached hydrogens (tertiary/aromatic N) is 3. The Morgan fingerprint density at radius 2 is 2.35 bits per heavy atom. The minimum absolute atomic E-state index is 0.0228. The van der Waals surface area contributed by atoms with Crippen LogP contribution in [0.15, 0.2) is 34.7 Å². The molecule has 1 aromatic carbocycles. The van der Waals surface area contributed by atoms with Crippen molar-refractivity contribution in [2.24, 2.45) is 0 Å². The van der Waals surface area contributed by atoms with Crippen LogP contribution < -0.4 is 5.56 Å². The predicted molar refractivity (Wildman–Crippen MR) is 89.9 cm³/mol. The van der Waals surface area contributed by atoms with Crippen molar-refractivity contribution >= 4 is 22.2 Å². The number of ether oxygens (including phenoxy) is 1. The highest BCUT2D eigenvalue weighted by Gasteiger charge is 2.21. The number of aryl methyl sites for hydroxylation is 1. The van der Waals surface area contributed by atoms with Crippen LogP contribution in [0.25, 0.3) is 10.9 Å². The topological polar surface area (TPSA) is 57.0 Å². The van der Waals surface area contributed by atoms with Gasteiger partial charge in [-0.1, -0.05) is 11.6 Å². The fourth-order valence-corrected chi connectivity index (χ4v) is 3.77. The van der Waals surface area contributed by atoms with Crippen LogP contribution in [0.5, 0.6) is 0 Å². The Hall–Kier alpha value is -2.05. The maximum atomic E-state index is 12.6. The van der Waals surface area contributed by atoms with Crippen LogP contribution in [0.2, 0.25) is 0 Å². The third-order valence-corrected chi connectivity index (χ3v) is 5.07. The fourth-order valence-electron chi connectivity index (χ4n) is 2.88. The Morgan fingerprint density at radius 3 is 3.17 bits per heavy atom. The number of hydrogen-bond donors (Lipinski definition) is 0. The number of rotatable bonds is 3. The minimum atomic E-state index is -0.0228. The number of thiazole rings is 1. The van der Waals surface area contributed by atoms with Crippen molar-refractivity contribution in [1.82, 2.24) is 14.5 Å². The molecule has 0 radical (unpaired) electrons. The molecule has 3 aromatic rings. The van der Waals surface area contributed by atoms with Gasteiger partial charge in [-0.15, -0.1) is 11.3 Å². The quantitative estimate of drug-likeness (QED) is 0.742. The van der Waals surface area contributed by atoms with Gasteiger partial charge in [0.05, 0.1) is 29.5 Å². The first kappa shape index (κ1) is 14.5. The van der Waals surface area contributed by atoms with E-state index in [9.17, 15) is 4.79 Å². The van der Waals surface area contributed by atoms with Crippen molar-refractivity contribution < 1.29 is 4.74 Å². The molecule has 0 N–H and O–H groups in total. The summed E-state index contributed by atoms with van der Waals surface area (Å²) in [5.41, 5.74) is 2.65. The average molecular weight is 327 g/mol. The van der Waals surface area contributed by atoms with E-state index in [4.69, 9.17) is 4.74 Å². The van der Waals surface area contributed by atoms with Gasteiger partial charge in [0.15, 0.2) is 0 Å². The van der Waals surface area contributed by atoms with Crippen molar-refractivity contribution in [2.75, 3.05) is 6.61 Å². The summed E-state index contributed by atoms with van der Waals surface area (Å²) in [4.78, 5) is 21.6. The van der Waals surface area contributed by atoms with E-state index in [1.165, 1.54) is 0 Å². The van der Waals surface area contributed by atoms with E-state index in [2.05, 4.69) is 9.97 Å². The van der Waals surface area contributed by atoms with Crippen molar-refractivity contribution in [3.63, 3.8) is 0 Å². The summed E-state index contributed by atoms with van der Waals surface area (Å²) in [5.74, 6) is 0. The number of hydrogen-bond acceptors (Lipinski definition) is 5. The maximum absolute atomic E-state index is 12.6. The number of benzene rings is 1. The average Bonchev–Trinajstić information content (AvgIpc) is 3.22. The third-order valence-electron chi connectivity index (χ3n) is 4.09. The zero-order valence-electron chi connectivity index (χ0n) is 12.9. The summed E-state index contributed by atoms with van der Waals surface area (Å²) in [5, 5.41) is 3.67. The van der Waals surface area contributed by atoms with Gasteiger partial charge < -0.3 is 4.74 Å². The molecule has 0 aliphatic carbocycles. The highest BCUT2D eigenvalue weighted by molar-refractivity contribution is 7.09. The number of fused-ring (bicyclic) bond motifs is 1.